The average Bonchev–Trinajstić information content (AvgIpc) is 2.90. The van der Waals surface area contributed by atoms with Crippen LogP contribution in [0.15, 0.2) is 54.9 Å². The van der Waals surface area contributed by atoms with Gasteiger partial charge in [0.05, 0.1) is 16.6 Å². The fourth-order valence-corrected chi connectivity index (χ4v) is 2.26. The van der Waals surface area contributed by atoms with E-state index in [-0.39, 0.29) is 12.2 Å². The first kappa shape index (κ1) is 13.8. The Hall–Kier alpha value is -3.13. The molecule has 0 spiro atoms. The summed E-state index contributed by atoms with van der Waals surface area (Å²) in [7, 11) is 0. The Morgan fingerprint density at radius 1 is 1.27 bits per heavy atom. The van der Waals surface area contributed by atoms with Crippen LogP contribution >= 0.6 is 0 Å². The van der Waals surface area contributed by atoms with E-state index in [9.17, 15) is 14.4 Å². The molecule has 0 atom stereocenters. The molecular formula is C17H11FN2O2. The summed E-state index contributed by atoms with van der Waals surface area (Å²) < 4.78 is 20.1. The lowest BCUT2D eigenvalue weighted by Crippen LogP contribution is -2.05. The second-order valence-corrected chi connectivity index (χ2v) is 4.72. The van der Waals surface area contributed by atoms with E-state index in [0.717, 1.165) is 11.6 Å². The van der Waals surface area contributed by atoms with E-state index < -0.39 is 11.8 Å². The van der Waals surface area contributed by atoms with Crippen molar-refractivity contribution in [1.29, 1.82) is 5.26 Å². The molecule has 3 aromatic rings. The minimum Gasteiger partial charge on any atom is -0.457 e. The number of hydrogen-bond acceptors (Lipinski definition) is 3. The van der Waals surface area contributed by atoms with E-state index in [2.05, 4.69) is 6.07 Å². The smallest absolute Gasteiger partial charge is 0.338 e. The maximum atomic E-state index is 13.1. The highest BCUT2D eigenvalue weighted by molar-refractivity contribution is 5.89. The monoisotopic (exact) mass is 294 g/mol. The summed E-state index contributed by atoms with van der Waals surface area (Å²) in [4.78, 5) is 11.9. The molecule has 0 N–H and O–H groups in total. The van der Waals surface area contributed by atoms with Gasteiger partial charge in [0.25, 0.3) is 0 Å². The van der Waals surface area contributed by atoms with E-state index in [1.807, 2.05) is 24.4 Å². The Labute approximate surface area is 126 Å². The van der Waals surface area contributed by atoms with Crippen molar-refractivity contribution >= 4 is 11.5 Å². The first-order valence-corrected chi connectivity index (χ1v) is 6.60. The van der Waals surface area contributed by atoms with Gasteiger partial charge in [-0.15, -0.1) is 0 Å². The van der Waals surface area contributed by atoms with Gasteiger partial charge in [0, 0.05) is 18.0 Å². The van der Waals surface area contributed by atoms with Crippen LogP contribution in [0.4, 0.5) is 4.39 Å². The zero-order valence-corrected chi connectivity index (χ0v) is 11.5. The number of benzene rings is 1. The summed E-state index contributed by atoms with van der Waals surface area (Å²) in [6.45, 7) is -0.0417. The molecule has 0 aliphatic rings. The quantitative estimate of drug-likeness (QED) is 0.696. The van der Waals surface area contributed by atoms with E-state index in [1.54, 1.807) is 10.6 Å². The maximum Gasteiger partial charge on any atom is 0.338 e. The van der Waals surface area contributed by atoms with Gasteiger partial charge in [-0.3, -0.25) is 0 Å². The van der Waals surface area contributed by atoms with E-state index in [0.29, 0.717) is 11.1 Å². The predicted molar refractivity (Wildman–Crippen MR) is 77.6 cm³/mol. The highest BCUT2D eigenvalue weighted by Gasteiger charge is 2.13. The largest absolute Gasteiger partial charge is 0.457 e. The van der Waals surface area contributed by atoms with Crippen LogP contribution in [-0.2, 0) is 11.3 Å². The molecule has 22 heavy (non-hydrogen) atoms. The van der Waals surface area contributed by atoms with Gasteiger partial charge in [0.1, 0.15) is 18.5 Å². The molecule has 0 radical (unpaired) electrons. The SMILES string of the molecule is N#Cc1c(COC(=O)c2cccc(F)c2)cn2ccccc12. The molecule has 0 fully saturated rings. The number of pyridine rings is 1. The molecule has 108 valence electrons. The number of nitriles is 1. The number of esters is 1. The topological polar surface area (TPSA) is 54.5 Å². The molecule has 2 heterocycles. The van der Waals surface area contributed by atoms with Crippen molar-refractivity contribution in [1.82, 2.24) is 4.40 Å². The molecule has 0 aliphatic heterocycles. The third-order valence-corrected chi connectivity index (χ3v) is 3.29. The van der Waals surface area contributed by atoms with Crippen molar-refractivity contribution in [3.63, 3.8) is 0 Å². The summed E-state index contributed by atoms with van der Waals surface area (Å²) in [6, 6.07) is 12.9. The molecule has 3 rings (SSSR count). The van der Waals surface area contributed by atoms with Gasteiger partial charge in [-0.1, -0.05) is 12.1 Å². The van der Waals surface area contributed by atoms with Crippen molar-refractivity contribution < 1.29 is 13.9 Å². The van der Waals surface area contributed by atoms with E-state index in [1.165, 1.54) is 18.2 Å². The maximum absolute atomic E-state index is 13.1. The van der Waals surface area contributed by atoms with Gasteiger partial charge in [-0.05, 0) is 30.3 Å². The van der Waals surface area contributed by atoms with Crippen molar-refractivity contribution in [3.8, 4) is 6.07 Å². The summed E-state index contributed by atoms with van der Waals surface area (Å²) >= 11 is 0. The Morgan fingerprint density at radius 2 is 2.14 bits per heavy atom. The van der Waals surface area contributed by atoms with Crippen molar-refractivity contribution in [3.05, 3.63) is 77.4 Å². The van der Waals surface area contributed by atoms with Crippen LogP contribution in [-0.4, -0.2) is 10.4 Å². The van der Waals surface area contributed by atoms with Gasteiger partial charge >= 0.3 is 5.97 Å². The van der Waals surface area contributed by atoms with Crippen LogP contribution < -0.4 is 0 Å². The summed E-state index contributed by atoms with van der Waals surface area (Å²) in [5, 5.41) is 9.27. The number of hydrogen-bond donors (Lipinski definition) is 0. The second kappa shape index (κ2) is 5.70. The Morgan fingerprint density at radius 3 is 2.91 bits per heavy atom. The molecule has 0 saturated heterocycles. The standard InChI is InChI=1S/C17H11FN2O2/c18-14-5-3-4-12(8-14)17(21)22-11-13-10-20-7-2-1-6-16(20)15(13)9-19/h1-8,10H,11H2. The number of carbonyl (C=O) groups excluding carboxylic acids is 1. The minimum atomic E-state index is -0.626. The second-order valence-electron chi connectivity index (χ2n) is 4.72. The van der Waals surface area contributed by atoms with Crippen molar-refractivity contribution in [2.24, 2.45) is 0 Å². The van der Waals surface area contributed by atoms with Gasteiger partial charge in [0.15, 0.2) is 0 Å². The predicted octanol–water partition coefficient (Wildman–Crippen LogP) is 3.31. The van der Waals surface area contributed by atoms with Gasteiger partial charge in [-0.25, -0.2) is 9.18 Å². The molecule has 2 aromatic heterocycles. The zero-order chi connectivity index (χ0) is 15.5. The van der Waals surface area contributed by atoms with Crippen LogP contribution in [0.5, 0.6) is 0 Å². The van der Waals surface area contributed by atoms with E-state index in [4.69, 9.17) is 4.74 Å². The fourth-order valence-electron chi connectivity index (χ4n) is 2.26. The van der Waals surface area contributed by atoms with Crippen LogP contribution in [0.25, 0.3) is 5.52 Å². The number of fused-ring (bicyclic) bond motifs is 1. The molecule has 0 amide bonds. The molecule has 4 nitrogen and oxygen atoms in total. The van der Waals surface area contributed by atoms with Crippen LogP contribution in [0, 0.1) is 17.1 Å². The van der Waals surface area contributed by atoms with Crippen LogP contribution in [0.1, 0.15) is 21.5 Å². The summed E-state index contributed by atoms with van der Waals surface area (Å²) in [5.41, 5.74) is 1.97. The normalized spacial score (nSPS) is 10.4. The lowest BCUT2D eigenvalue weighted by Gasteiger charge is -2.03. The lowest BCUT2D eigenvalue weighted by molar-refractivity contribution is 0.0472. The summed E-state index contributed by atoms with van der Waals surface area (Å²) in [5.74, 6) is -1.12. The van der Waals surface area contributed by atoms with Crippen molar-refractivity contribution in [2.75, 3.05) is 0 Å². The Balaban J connectivity index is 1.82. The zero-order valence-electron chi connectivity index (χ0n) is 11.5. The molecule has 5 heteroatoms. The first-order chi connectivity index (χ1) is 10.7. The third kappa shape index (κ3) is 2.54. The van der Waals surface area contributed by atoms with Crippen molar-refractivity contribution in [2.45, 2.75) is 6.61 Å². The molecule has 0 bridgehead atoms. The van der Waals surface area contributed by atoms with Gasteiger partial charge in [-0.2, -0.15) is 5.26 Å². The lowest BCUT2D eigenvalue weighted by atomic mass is 10.2. The number of nitrogens with zero attached hydrogens (tertiary/aromatic N) is 2. The molecule has 0 saturated carbocycles. The highest BCUT2D eigenvalue weighted by atomic mass is 19.1. The minimum absolute atomic E-state index is 0.0417. The molecule has 0 unspecified atom stereocenters. The Bertz CT molecular complexity index is 893. The number of halogens is 1. The fraction of sp³-hybridized carbons (Fsp3) is 0.0588. The Kier molecular flexibility index (Phi) is 3.58. The number of carbonyl (C=O) groups is 1. The number of ether oxygens (including phenoxy) is 1. The summed E-state index contributed by atoms with van der Waals surface area (Å²) in [6.07, 6.45) is 3.56. The van der Waals surface area contributed by atoms with Gasteiger partial charge in [0.2, 0.25) is 0 Å². The van der Waals surface area contributed by atoms with Crippen LogP contribution in [0.2, 0.25) is 0 Å². The highest BCUT2D eigenvalue weighted by Crippen LogP contribution is 2.19. The number of aromatic nitrogens is 1. The molecule has 0 aliphatic carbocycles. The average molecular weight is 294 g/mol. The molecule has 1 aromatic carbocycles. The van der Waals surface area contributed by atoms with E-state index >= 15 is 0 Å². The number of rotatable bonds is 3. The molecular weight excluding hydrogens is 283 g/mol. The van der Waals surface area contributed by atoms with Gasteiger partial charge < -0.3 is 9.14 Å². The van der Waals surface area contributed by atoms with Crippen LogP contribution in [0.3, 0.4) is 0 Å². The first-order valence-electron chi connectivity index (χ1n) is 6.60. The third-order valence-electron chi connectivity index (χ3n) is 3.29.